The molecule has 1 heterocycles. The zero-order valence-corrected chi connectivity index (χ0v) is 22.8. The maximum absolute atomic E-state index is 11.0. The number of benzene rings is 5. The summed E-state index contributed by atoms with van der Waals surface area (Å²) in [5, 5.41) is 22.9. The summed E-state index contributed by atoms with van der Waals surface area (Å²) >= 11 is 0. The van der Waals surface area contributed by atoms with E-state index in [1.54, 1.807) is 7.11 Å². The molecule has 0 fully saturated rings. The van der Waals surface area contributed by atoms with Gasteiger partial charge in [0.2, 0.25) is 0 Å². The Kier molecular flexibility index (Phi) is 6.01. The zero-order chi connectivity index (χ0) is 28.1. The van der Waals surface area contributed by atoms with Gasteiger partial charge in [-0.05, 0) is 93.2 Å². The predicted molar refractivity (Wildman–Crippen MR) is 165 cm³/mol. The van der Waals surface area contributed by atoms with E-state index in [0.29, 0.717) is 5.75 Å². The number of methoxy groups -OCH3 is 1. The Morgan fingerprint density at radius 3 is 2.37 bits per heavy atom. The molecule has 202 valence electrons. The molecular formula is C36H31N3O2. The first-order chi connectivity index (χ1) is 20.0. The van der Waals surface area contributed by atoms with Crippen LogP contribution < -0.4 is 15.8 Å². The topological polar surface area (TPSA) is 91.4 Å². The van der Waals surface area contributed by atoms with Crippen LogP contribution >= 0.6 is 0 Å². The molecule has 2 aliphatic rings. The molecule has 1 aliphatic carbocycles. The number of nitrogens with one attached hydrogen (secondary N) is 2. The molecule has 0 bridgehead atoms. The van der Waals surface area contributed by atoms with Gasteiger partial charge in [0.25, 0.3) is 0 Å². The van der Waals surface area contributed by atoms with Crippen molar-refractivity contribution in [2.24, 2.45) is 11.7 Å². The molecule has 3 atom stereocenters. The smallest absolute Gasteiger partial charge is 0.160 e. The van der Waals surface area contributed by atoms with E-state index < -0.39 is 0 Å². The zero-order valence-electron chi connectivity index (χ0n) is 22.8. The van der Waals surface area contributed by atoms with Crippen LogP contribution in [0.3, 0.4) is 0 Å². The molecule has 5 nitrogen and oxygen atoms in total. The Morgan fingerprint density at radius 1 is 0.805 bits per heavy atom. The first-order valence-electron chi connectivity index (χ1n) is 13.9. The van der Waals surface area contributed by atoms with Crippen molar-refractivity contribution in [2.45, 2.75) is 18.4 Å². The number of amidine groups is 1. The summed E-state index contributed by atoms with van der Waals surface area (Å²) in [6.07, 6.45) is 0.912. The lowest BCUT2D eigenvalue weighted by Crippen LogP contribution is -2.31. The van der Waals surface area contributed by atoms with Gasteiger partial charge in [0.1, 0.15) is 5.84 Å². The van der Waals surface area contributed by atoms with Gasteiger partial charge in [-0.25, -0.2) is 0 Å². The van der Waals surface area contributed by atoms with Gasteiger partial charge in [-0.1, -0.05) is 72.8 Å². The quantitative estimate of drug-likeness (QED) is 0.138. The Balaban J connectivity index is 1.41. The number of nitrogen functional groups attached to an aromatic ring is 1. The third kappa shape index (κ3) is 4.21. The summed E-state index contributed by atoms with van der Waals surface area (Å²) < 4.78 is 5.63. The number of hydrogen-bond donors (Lipinski definition) is 4. The SMILES string of the molecule is COc1cc(C2Nc3ccc(C(=N)N)cc3C3c4ccccc4CC23)c(-c2cccc(-c3ccccc3)c2)cc1O. The average Bonchev–Trinajstić information content (AvgIpc) is 3.41. The number of phenolic OH excluding ortho intramolecular Hbond substituents is 1. The van der Waals surface area contributed by atoms with Crippen LogP contribution in [0.2, 0.25) is 0 Å². The van der Waals surface area contributed by atoms with Crippen LogP contribution in [0.15, 0.2) is 109 Å². The maximum atomic E-state index is 11.0. The van der Waals surface area contributed by atoms with E-state index in [4.69, 9.17) is 15.9 Å². The molecule has 41 heavy (non-hydrogen) atoms. The van der Waals surface area contributed by atoms with Crippen molar-refractivity contribution in [1.29, 1.82) is 5.41 Å². The number of hydrogen-bond acceptors (Lipinski definition) is 4. The standard InChI is InChI=1S/C36H31N3O2/c1-41-33-20-28(27(19-32(33)40)23-12-7-11-22(16-23)21-8-3-2-4-9-21)35-30-17-24-10-5-6-13-26(24)34(30)29-18-25(36(37)38)14-15-31(29)39-35/h2-16,18-20,30,34-35,39-40H,17H2,1H3,(H3,37,38). The van der Waals surface area contributed by atoms with E-state index in [1.807, 2.05) is 42.5 Å². The van der Waals surface area contributed by atoms with Crippen molar-refractivity contribution in [2.75, 3.05) is 12.4 Å². The Labute approximate surface area is 239 Å². The molecule has 0 radical (unpaired) electrons. The molecule has 0 saturated carbocycles. The van der Waals surface area contributed by atoms with Crippen molar-refractivity contribution >= 4 is 11.5 Å². The van der Waals surface area contributed by atoms with E-state index in [2.05, 4.69) is 72.0 Å². The van der Waals surface area contributed by atoms with Gasteiger partial charge in [0, 0.05) is 17.2 Å². The fraction of sp³-hybridized carbons (Fsp3) is 0.139. The second-order valence-corrected chi connectivity index (χ2v) is 10.9. The first kappa shape index (κ1) is 25.0. The van der Waals surface area contributed by atoms with E-state index in [9.17, 15) is 5.11 Å². The minimum Gasteiger partial charge on any atom is -0.504 e. The van der Waals surface area contributed by atoms with Gasteiger partial charge in [-0.15, -0.1) is 0 Å². The van der Waals surface area contributed by atoms with Crippen LogP contribution in [-0.2, 0) is 6.42 Å². The highest BCUT2D eigenvalue weighted by Gasteiger charge is 2.44. The van der Waals surface area contributed by atoms with Gasteiger partial charge >= 0.3 is 0 Å². The summed E-state index contributed by atoms with van der Waals surface area (Å²) in [7, 11) is 1.59. The van der Waals surface area contributed by atoms with E-state index in [-0.39, 0.29) is 29.5 Å². The highest BCUT2D eigenvalue weighted by Crippen LogP contribution is 2.55. The van der Waals surface area contributed by atoms with Crippen molar-refractivity contribution in [3.05, 3.63) is 137 Å². The fourth-order valence-electron chi connectivity index (χ4n) is 6.79. The summed E-state index contributed by atoms with van der Waals surface area (Å²) in [4.78, 5) is 0. The minimum absolute atomic E-state index is 0.0482. The first-order valence-corrected chi connectivity index (χ1v) is 13.9. The molecule has 3 unspecified atom stereocenters. The summed E-state index contributed by atoms with van der Waals surface area (Å²) in [5.41, 5.74) is 16.9. The molecule has 0 aromatic heterocycles. The van der Waals surface area contributed by atoms with Crippen LogP contribution in [0.5, 0.6) is 11.5 Å². The highest BCUT2D eigenvalue weighted by molar-refractivity contribution is 5.96. The van der Waals surface area contributed by atoms with Crippen molar-refractivity contribution < 1.29 is 9.84 Å². The minimum atomic E-state index is -0.0482. The van der Waals surface area contributed by atoms with Crippen molar-refractivity contribution in [3.63, 3.8) is 0 Å². The highest BCUT2D eigenvalue weighted by atomic mass is 16.5. The van der Waals surface area contributed by atoms with Crippen molar-refractivity contribution in [3.8, 4) is 33.8 Å². The van der Waals surface area contributed by atoms with Gasteiger partial charge in [-0.3, -0.25) is 5.41 Å². The molecule has 5 aromatic carbocycles. The number of nitrogens with two attached hydrogens (primary N) is 1. The lowest BCUT2D eigenvalue weighted by molar-refractivity contribution is 0.370. The molecule has 7 rings (SSSR count). The van der Waals surface area contributed by atoms with E-state index in [0.717, 1.165) is 45.5 Å². The number of aromatic hydroxyl groups is 1. The molecular weight excluding hydrogens is 506 g/mol. The van der Waals surface area contributed by atoms with E-state index in [1.165, 1.54) is 16.7 Å². The molecule has 1 aliphatic heterocycles. The number of fused-ring (bicyclic) bond motifs is 5. The molecule has 5 aromatic rings. The second kappa shape index (κ2) is 9.86. The molecule has 5 heteroatoms. The van der Waals surface area contributed by atoms with Crippen LogP contribution in [0.4, 0.5) is 5.69 Å². The lowest BCUT2D eigenvalue weighted by atomic mass is 9.74. The summed E-state index contributed by atoms with van der Waals surface area (Å²) in [6.45, 7) is 0. The molecule has 0 saturated heterocycles. The molecule has 0 amide bonds. The monoisotopic (exact) mass is 537 g/mol. The van der Waals surface area contributed by atoms with Crippen molar-refractivity contribution in [1.82, 2.24) is 0 Å². The van der Waals surface area contributed by atoms with Gasteiger partial charge in [0.15, 0.2) is 11.5 Å². The largest absolute Gasteiger partial charge is 0.504 e. The van der Waals surface area contributed by atoms with Crippen LogP contribution in [0, 0.1) is 11.3 Å². The Hall–Kier alpha value is -5.03. The lowest BCUT2D eigenvalue weighted by Gasteiger charge is -2.39. The van der Waals surface area contributed by atoms with Gasteiger partial charge in [-0.2, -0.15) is 0 Å². The third-order valence-electron chi connectivity index (χ3n) is 8.68. The number of ether oxygens (including phenoxy) is 1. The Bertz CT molecular complexity index is 1800. The normalized spacial score (nSPS) is 18.5. The average molecular weight is 538 g/mol. The van der Waals surface area contributed by atoms with Crippen LogP contribution in [0.25, 0.3) is 22.3 Å². The number of anilines is 1. The van der Waals surface area contributed by atoms with Gasteiger partial charge < -0.3 is 20.9 Å². The second-order valence-electron chi connectivity index (χ2n) is 10.9. The summed E-state index contributed by atoms with van der Waals surface area (Å²) in [6, 6.07) is 37.3. The predicted octanol–water partition coefficient (Wildman–Crippen LogP) is 7.49. The third-order valence-corrected chi connectivity index (χ3v) is 8.68. The van der Waals surface area contributed by atoms with Crippen LogP contribution in [0.1, 0.15) is 39.8 Å². The number of phenols is 1. The molecule has 0 spiro atoms. The Morgan fingerprint density at radius 2 is 1.56 bits per heavy atom. The summed E-state index contributed by atoms with van der Waals surface area (Å²) in [5.74, 6) is 1.00. The van der Waals surface area contributed by atoms with Gasteiger partial charge in [0.05, 0.1) is 13.2 Å². The van der Waals surface area contributed by atoms with Crippen LogP contribution in [-0.4, -0.2) is 18.1 Å². The fourth-order valence-corrected chi connectivity index (χ4v) is 6.79. The maximum Gasteiger partial charge on any atom is 0.160 e. The number of rotatable bonds is 5. The molecule has 5 N–H and O–H groups in total. The van der Waals surface area contributed by atoms with E-state index >= 15 is 0 Å².